The molecule has 0 spiro atoms. The Hall–Kier alpha value is -0.130. The van der Waals surface area contributed by atoms with Crippen molar-refractivity contribution in [2.45, 2.75) is 17.7 Å². The molecule has 1 unspecified atom stereocenters. The Labute approximate surface area is 80.0 Å². The molecule has 5 heteroatoms. The summed E-state index contributed by atoms with van der Waals surface area (Å²) in [5.41, 5.74) is 0. The summed E-state index contributed by atoms with van der Waals surface area (Å²) in [6.07, 6.45) is 5.15. The zero-order valence-electron chi connectivity index (χ0n) is 6.49. The van der Waals surface area contributed by atoms with Crippen LogP contribution in [-0.2, 0) is 10.1 Å². The maximum atomic E-state index is 10.6. The topological polar surface area (TPSA) is 54.4 Å². The van der Waals surface area contributed by atoms with Crippen molar-refractivity contribution in [1.29, 1.82) is 0 Å². The maximum Gasteiger partial charge on any atom is 0.294 e. The molecular weight excluding hydrogens is 244 g/mol. The molecule has 1 N–H and O–H groups in total. The lowest BCUT2D eigenvalue weighted by Gasteiger charge is -2.19. The molecule has 0 aromatic rings. The van der Waals surface area contributed by atoms with Gasteiger partial charge in [0.05, 0.1) is 4.91 Å². The summed E-state index contributed by atoms with van der Waals surface area (Å²) in [5, 5.41) is 0. The van der Waals surface area contributed by atoms with Crippen molar-refractivity contribution in [2.75, 3.05) is 0 Å². The summed E-state index contributed by atoms with van der Waals surface area (Å²) < 4.78 is 29.7. The van der Waals surface area contributed by atoms with Crippen LogP contribution in [0, 0.1) is 0 Å². The molecule has 0 heterocycles. The van der Waals surface area contributed by atoms with Gasteiger partial charge in [0.2, 0.25) is 0 Å². The molecule has 0 aromatic heterocycles. The van der Waals surface area contributed by atoms with Crippen molar-refractivity contribution in [2.24, 2.45) is 0 Å². The number of rotatable bonds is 1. The van der Waals surface area contributed by atoms with E-state index >= 15 is 0 Å². The van der Waals surface area contributed by atoms with Crippen molar-refractivity contribution in [3.8, 4) is 0 Å². The second-order valence-electron chi connectivity index (χ2n) is 2.90. The van der Waals surface area contributed by atoms with Gasteiger partial charge in [-0.15, -0.1) is 0 Å². The Balaban J connectivity index is 2.93. The first kappa shape index (κ1) is 9.95. The third-order valence-electron chi connectivity index (χ3n) is 1.60. The van der Waals surface area contributed by atoms with Crippen molar-refractivity contribution in [3.05, 3.63) is 23.1 Å². The summed E-state index contributed by atoms with van der Waals surface area (Å²) in [5.74, 6) is 0. The third-order valence-corrected chi connectivity index (χ3v) is 3.08. The zero-order valence-corrected chi connectivity index (χ0v) is 8.89. The number of alkyl halides is 1. The van der Waals surface area contributed by atoms with Gasteiger partial charge in [-0.05, 0) is 19.4 Å². The van der Waals surface area contributed by atoms with E-state index in [4.69, 9.17) is 4.55 Å². The monoisotopic (exact) mass is 252 g/mol. The molecule has 1 aliphatic rings. The van der Waals surface area contributed by atoms with E-state index in [9.17, 15) is 8.42 Å². The van der Waals surface area contributed by atoms with Gasteiger partial charge >= 0.3 is 0 Å². The summed E-state index contributed by atoms with van der Waals surface area (Å²) in [7, 11) is -4.02. The lowest BCUT2D eigenvalue weighted by Crippen LogP contribution is -2.15. The Morgan fingerprint density at radius 3 is 2.58 bits per heavy atom. The van der Waals surface area contributed by atoms with Gasteiger partial charge in [-0.3, -0.25) is 4.55 Å². The molecule has 3 nitrogen and oxygen atoms in total. The minimum absolute atomic E-state index is 0.0283. The summed E-state index contributed by atoms with van der Waals surface area (Å²) in [6.45, 7) is 1.92. The van der Waals surface area contributed by atoms with Gasteiger partial charge in [0, 0.05) is 4.32 Å². The highest BCUT2D eigenvalue weighted by Crippen LogP contribution is 2.30. The van der Waals surface area contributed by atoms with Crippen LogP contribution in [0.2, 0.25) is 0 Å². The minimum atomic E-state index is -4.02. The number of allylic oxidation sites excluding steroid dienone is 3. The molecule has 0 amide bonds. The van der Waals surface area contributed by atoms with Crippen LogP contribution in [0.15, 0.2) is 23.1 Å². The third kappa shape index (κ3) is 2.43. The molecule has 0 radical (unpaired) electrons. The first-order valence-electron chi connectivity index (χ1n) is 3.37. The molecule has 0 fully saturated rings. The molecule has 1 atom stereocenters. The first-order chi connectivity index (χ1) is 5.31. The normalized spacial score (nSPS) is 30.1. The van der Waals surface area contributed by atoms with E-state index in [1.165, 1.54) is 12.2 Å². The van der Waals surface area contributed by atoms with E-state index < -0.39 is 10.1 Å². The standard InChI is InChI=1S/C7H9BrO3S/c1-7(8)4-2-6(3-5-7)12(9,10)11/h2-4H,5H2,1H3,(H,9,10,11). The van der Waals surface area contributed by atoms with E-state index in [1.807, 2.05) is 6.92 Å². The summed E-state index contributed by atoms with van der Waals surface area (Å²) in [6, 6.07) is 0. The van der Waals surface area contributed by atoms with Gasteiger partial charge in [0.15, 0.2) is 0 Å². The molecular formula is C7H9BrO3S. The summed E-state index contributed by atoms with van der Waals surface area (Å²) in [4.78, 5) is -0.0283. The van der Waals surface area contributed by atoms with Gasteiger partial charge in [0.25, 0.3) is 10.1 Å². The average Bonchev–Trinajstić information content (AvgIpc) is 1.83. The van der Waals surface area contributed by atoms with Crippen molar-refractivity contribution in [3.63, 3.8) is 0 Å². The molecule has 0 saturated heterocycles. The Morgan fingerprint density at radius 1 is 1.67 bits per heavy atom. The van der Waals surface area contributed by atoms with E-state index in [2.05, 4.69) is 15.9 Å². The second-order valence-corrected chi connectivity index (χ2v) is 6.13. The van der Waals surface area contributed by atoms with Gasteiger partial charge < -0.3 is 0 Å². The molecule has 1 rings (SSSR count). The molecule has 0 saturated carbocycles. The van der Waals surface area contributed by atoms with Crippen LogP contribution in [0.25, 0.3) is 0 Å². The largest absolute Gasteiger partial charge is 0.294 e. The number of hydrogen-bond acceptors (Lipinski definition) is 2. The van der Waals surface area contributed by atoms with E-state index in [0.717, 1.165) is 0 Å². The van der Waals surface area contributed by atoms with Gasteiger partial charge in [0.1, 0.15) is 0 Å². The summed E-state index contributed by atoms with van der Waals surface area (Å²) >= 11 is 3.38. The maximum absolute atomic E-state index is 10.6. The van der Waals surface area contributed by atoms with Crippen LogP contribution < -0.4 is 0 Å². The zero-order chi connectivity index (χ0) is 9.41. The van der Waals surface area contributed by atoms with E-state index in [-0.39, 0.29) is 9.23 Å². The smallest absolute Gasteiger partial charge is 0.282 e. The van der Waals surface area contributed by atoms with Crippen molar-refractivity contribution < 1.29 is 13.0 Å². The highest BCUT2D eigenvalue weighted by atomic mass is 79.9. The van der Waals surface area contributed by atoms with Crippen molar-refractivity contribution in [1.82, 2.24) is 0 Å². The highest BCUT2D eigenvalue weighted by molar-refractivity contribution is 9.10. The van der Waals surface area contributed by atoms with Crippen LogP contribution in [0.1, 0.15) is 13.3 Å². The fourth-order valence-electron chi connectivity index (χ4n) is 0.883. The van der Waals surface area contributed by atoms with Crippen LogP contribution in [0.4, 0.5) is 0 Å². The Bertz CT molecular complexity index is 338. The van der Waals surface area contributed by atoms with Crippen LogP contribution >= 0.6 is 15.9 Å². The van der Waals surface area contributed by atoms with Gasteiger partial charge in [-0.2, -0.15) is 8.42 Å². The molecule has 68 valence electrons. The molecule has 0 aliphatic heterocycles. The first-order valence-corrected chi connectivity index (χ1v) is 5.60. The highest BCUT2D eigenvalue weighted by Gasteiger charge is 2.22. The lowest BCUT2D eigenvalue weighted by atomic mass is 10.0. The lowest BCUT2D eigenvalue weighted by molar-refractivity contribution is 0.491. The van der Waals surface area contributed by atoms with Gasteiger partial charge in [-0.1, -0.05) is 28.1 Å². The molecule has 1 aliphatic carbocycles. The predicted molar refractivity (Wildman–Crippen MR) is 50.7 cm³/mol. The molecule has 0 bridgehead atoms. The van der Waals surface area contributed by atoms with Crippen molar-refractivity contribution >= 4 is 26.0 Å². The molecule has 0 aromatic carbocycles. The molecule has 12 heavy (non-hydrogen) atoms. The fraction of sp³-hybridized carbons (Fsp3) is 0.429. The van der Waals surface area contributed by atoms with E-state index in [0.29, 0.717) is 6.42 Å². The number of halogens is 1. The fourth-order valence-corrected chi connectivity index (χ4v) is 1.71. The number of hydrogen-bond donors (Lipinski definition) is 1. The SMILES string of the molecule is CC1(Br)C=CC(S(=O)(=O)O)=CC1. The minimum Gasteiger partial charge on any atom is -0.282 e. The van der Waals surface area contributed by atoms with Crippen LogP contribution in [0.3, 0.4) is 0 Å². The Kier molecular flexibility index (Phi) is 2.47. The van der Waals surface area contributed by atoms with Crippen LogP contribution in [-0.4, -0.2) is 17.3 Å². The predicted octanol–water partition coefficient (Wildman–Crippen LogP) is 1.87. The van der Waals surface area contributed by atoms with Gasteiger partial charge in [-0.25, -0.2) is 0 Å². The van der Waals surface area contributed by atoms with E-state index in [1.54, 1.807) is 6.08 Å². The second kappa shape index (κ2) is 2.97. The Morgan fingerprint density at radius 2 is 2.25 bits per heavy atom. The quantitative estimate of drug-likeness (QED) is 0.573. The average molecular weight is 253 g/mol. The van der Waals surface area contributed by atoms with Crippen LogP contribution in [0.5, 0.6) is 0 Å².